The molecule has 9 heteroatoms. The van der Waals surface area contributed by atoms with E-state index in [-0.39, 0.29) is 24.4 Å². The second-order valence-corrected chi connectivity index (χ2v) is 7.65. The number of hydrogen-bond acceptors (Lipinski definition) is 6. The number of imide groups is 1. The number of carbonyl (C=O) groups is 4. The number of carbonyl (C=O) groups excluding carboxylic acids is 4. The highest BCUT2D eigenvalue weighted by molar-refractivity contribution is 6.03. The molecule has 0 spiro atoms. The van der Waals surface area contributed by atoms with E-state index in [0.717, 1.165) is 11.1 Å². The number of aromatic nitrogens is 1. The summed E-state index contributed by atoms with van der Waals surface area (Å²) in [5.41, 5.74) is 1.23. The van der Waals surface area contributed by atoms with Crippen LogP contribution >= 0.6 is 0 Å². The van der Waals surface area contributed by atoms with Crippen molar-refractivity contribution in [1.82, 2.24) is 20.5 Å². The molecule has 1 aromatic rings. The minimum absolute atomic E-state index is 0.157. The highest BCUT2D eigenvalue weighted by Crippen LogP contribution is 2.24. The molecular weight excluding hydrogens is 352 g/mol. The molecule has 4 amide bonds. The van der Waals surface area contributed by atoms with Gasteiger partial charge in [-0.3, -0.25) is 29.6 Å². The monoisotopic (exact) mass is 374 g/mol. The SMILES string of the molecule is CC(C)(C)OC(=O)N1Cc2cnc(C(=O)N[C@H]3CCC(=O)NC3=O)cc2C1. The topological polar surface area (TPSA) is 118 Å². The maximum absolute atomic E-state index is 12.4. The van der Waals surface area contributed by atoms with Gasteiger partial charge in [-0.25, -0.2) is 4.79 Å². The van der Waals surface area contributed by atoms with Crippen molar-refractivity contribution in [3.8, 4) is 0 Å². The van der Waals surface area contributed by atoms with Crippen molar-refractivity contribution < 1.29 is 23.9 Å². The first-order valence-electron chi connectivity index (χ1n) is 8.72. The Morgan fingerprint density at radius 2 is 1.96 bits per heavy atom. The van der Waals surface area contributed by atoms with Crippen molar-refractivity contribution in [2.45, 2.75) is 58.3 Å². The lowest BCUT2D eigenvalue weighted by Crippen LogP contribution is -2.52. The predicted octanol–water partition coefficient (Wildman–Crippen LogP) is 0.867. The average Bonchev–Trinajstić information content (AvgIpc) is 2.99. The summed E-state index contributed by atoms with van der Waals surface area (Å²) in [5.74, 6) is -1.36. The van der Waals surface area contributed by atoms with Gasteiger partial charge in [-0.1, -0.05) is 0 Å². The summed E-state index contributed by atoms with van der Waals surface area (Å²) in [6.07, 6.45) is 1.57. The third-order valence-electron chi connectivity index (χ3n) is 4.23. The Hall–Kier alpha value is -2.97. The predicted molar refractivity (Wildman–Crippen MR) is 93.4 cm³/mol. The largest absolute Gasteiger partial charge is 0.444 e. The second kappa shape index (κ2) is 6.98. The Bertz CT molecular complexity index is 814. The molecule has 0 aliphatic carbocycles. The Kier molecular flexibility index (Phi) is 4.86. The first kappa shape index (κ1) is 18.8. The molecule has 144 valence electrons. The molecule has 0 saturated carbocycles. The molecule has 2 aliphatic rings. The highest BCUT2D eigenvalue weighted by atomic mass is 16.6. The lowest BCUT2D eigenvalue weighted by atomic mass is 10.1. The second-order valence-electron chi connectivity index (χ2n) is 7.65. The molecule has 1 atom stereocenters. The Morgan fingerprint density at radius 1 is 1.26 bits per heavy atom. The molecule has 9 nitrogen and oxygen atoms in total. The van der Waals surface area contributed by atoms with Gasteiger partial charge in [-0.15, -0.1) is 0 Å². The van der Waals surface area contributed by atoms with Crippen LogP contribution in [-0.4, -0.2) is 45.3 Å². The van der Waals surface area contributed by atoms with Crippen LogP contribution in [0, 0.1) is 0 Å². The number of ether oxygens (including phenoxy) is 1. The van der Waals surface area contributed by atoms with E-state index >= 15 is 0 Å². The van der Waals surface area contributed by atoms with Crippen LogP contribution in [0.4, 0.5) is 4.79 Å². The van der Waals surface area contributed by atoms with Gasteiger partial charge in [0, 0.05) is 19.2 Å². The number of rotatable bonds is 2. The smallest absolute Gasteiger partial charge is 0.410 e. The van der Waals surface area contributed by atoms with Gasteiger partial charge in [-0.05, 0) is 44.4 Å². The van der Waals surface area contributed by atoms with Crippen molar-refractivity contribution >= 4 is 23.8 Å². The van der Waals surface area contributed by atoms with Gasteiger partial charge in [0.05, 0.1) is 6.54 Å². The number of fused-ring (bicyclic) bond motifs is 1. The standard InChI is InChI=1S/C18H22N4O5/c1-18(2,3)27-17(26)22-8-10-6-13(19-7-11(10)9-22)16(25)20-12-4-5-14(23)21-15(12)24/h6-7,12H,4-5,8-9H2,1-3H3,(H,20,25)(H,21,23,24)/t12-/m0/s1. The number of nitrogens with zero attached hydrogens (tertiary/aromatic N) is 2. The summed E-state index contributed by atoms with van der Waals surface area (Å²) in [6.45, 7) is 6.09. The number of hydrogen-bond donors (Lipinski definition) is 2. The molecule has 0 aromatic carbocycles. The zero-order valence-electron chi connectivity index (χ0n) is 15.5. The van der Waals surface area contributed by atoms with E-state index in [4.69, 9.17) is 4.74 Å². The van der Waals surface area contributed by atoms with Gasteiger partial charge >= 0.3 is 6.09 Å². The van der Waals surface area contributed by atoms with Crippen LogP contribution in [0.5, 0.6) is 0 Å². The molecular formula is C18H22N4O5. The van der Waals surface area contributed by atoms with Crippen LogP contribution in [0.1, 0.15) is 55.2 Å². The fourth-order valence-corrected chi connectivity index (χ4v) is 2.93. The first-order valence-corrected chi connectivity index (χ1v) is 8.72. The fraction of sp³-hybridized carbons (Fsp3) is 0.500. The molecule has 0 radical (unpaired) electrons. The molecule has 2 aliphatic heterocycles. The number of pyridine rings is 1. The molecule has 0 unspecified atom stereocenters. The normalized spacial score (nSPS) is 19.4. The maximum atomic E-state index is 12.4. The third-order valence-corrected chi connectivity index (χ3v) is 4.23. The van der Waals surface area contributed by atoms with Crippen molar-refractivity contribution in [1.29, 1.82) is 0 Å². The van der Waals surface area contributed by atoms with Crippen molar-refractivity contribution in [2.75, 3.05) is 0 Å². The van der Waals surface area contributed by atoms with Crippen molar-refractivity contribution in [3.63, 3.8) is 0 Å². The summed E-state index contributed by atoms with van der Waals surface area (Å²) in [4.78, 5) is 53.2. The third kappa shape index (κ3) is 4.42. The molecule has 1 saturated heterocycles. The number of amides is 4. The van der Waals surface area contributed by atoms with E-state index in [1.165, 1.54) is 0 Å². The molecule has 1 fully saturated rings. The van der Waals surface area contributed by atoms with E-state index in [9.17, 15) is 19.2 Å². The van der Waals surface area contributed by atoms with E-state index in [1.807, 2.05) is 0 Å². The molecule has 1 aromatic heterocycles. The Balaban J connectivity index is 1.65. The number of nitrogens with one attached hydrogen (secondary N) is 2. The zero-order valence-corrected chi connectivity index (χ0v) is 15.5. The van der Waals surface area contributed by atoms with Crippen LogP contribution in [0.15, 0.2) is 12.3 Å². The quantitative estimate of drug-likeness (QED) is 0.742. The summed E-state index contributed by atoms with van der Waals surface area (Å²) in [7, 11) is 0. The van der Waals surface area contributed by atoms with Crippen LogP contribution in [0.3, 0.4) is 0 Å². The minimum atomic E-state index is -0.761. The fourth-order valence-electron chi connectivity index (χ4n) is 2.93. The molecule has 0 bridgehead atoms. The van der Waals surface area contributed by atoms with E-state index in [1.54, 1.807) is 37.9 Å². The van der Waals surface area contributed by atoms with Crippen LogP contribution in [0.25, 0.3) is 0 Å². The first-order chi connectivity index (χ1) is 12.6. The van der Waals surface area contributed by atoms with Crippen LogP contribution in [0.2, 0.25) is 0 Å². The van der Waals surface area contributed by atoms with Gasteiger partial charge < -0.3 is 10.1 Å². The lowest BCUT2D eigenvalue weighted by Gasteiger charge is -2.24. The summed E-state index contributed by atoms with van der Waals surface area (Å²) >= 11 is 0. The summed E-state index contributed by atoms with van der Waals surface area (Å²) < 4.78 is 5.37. The molecule has 2 N–H and O–H groups in total. The minimum Gasteiger partial charge on any atom is -0.444 e. The van der Waals surface area contributed by atoms with Gasteiger partial charge in [0.15, 0.2) is 0 Å². The van der Waals surface area contributed by atoms with Gasteiger partial charge in [0.2, 0.25) is 11.8 Å². The van der Waals surface area contributed by atoms with Gasteiger partial charge in [-0.2, -0.15) is 0 Å². The molecule has 3 heterocycles. The van der Waals surface area contributed by atoms with Crippen LogP contribution < -0.4 is 10.6 Å². The Morgan fingerprint density at radius 3 is 2.63 bits per heavy atom. The average molecular weight is 374 g/mol. The lowest BCUT2D eigenvalue weighted by molar-refractivity contribution is -0.134. The number of piperidine rings is 1. The van der Waals surface area contributed by atoms with Gasteiger partial charge in [0.25, 0.3) is 5.91 Å². The highest BCUT2D eigenvalue weighted by Gasteiger charge is 2.31. The van der Waals surface area contributed by atoms with E-state index in [0.29, 0.717) is 13.1 Å². The molecule has 3 rings (SSSR count). The van der Waals surface area contributed by atoms with Gasteiger partial charge in [0.1, 0.15) is 17.3 Å². The molecule has 27 heavy (non-hydrogen) atoms. The maximum Gasteiger partial charge on any atom is 0.410 e. The van der Waals surface area contributed by atoms with E-state index < -0.39 is 29.6 Å². The van der Waals surface area contributed by atoms with E-state index in [2.05, 4.69) is 15.6 Å². The zero-order chi connectivity index (χ0) is 19.8. The summed E-state index contributed by atoms with van der Waals surface area (Å²) in [6, 6.07) is 0.851. The van der Waals surface area contributed by atoms with Crippen LogP contribution in [-0.2, 0) is 27.4 Å². The van der Waals surface area contributed by atoms with Crippen molar-refractivity contribution in [3.05, 3.63) is 29.1 Å². The van der Waals surface area contributed by atoms with Crippen molar-refractivity contribution in [2.24, 2.45) is 0 Å². The summed E-state index contributed by atoms with van der Waals surface area (Å²) in [5, 5.41) is 4.78. The Labute approximate surface area is 156 Å².